The number of imidazole rings is 1. The van der Waals surface area contributed by atoms with Crippen molar-refractivity contribution in [2.45, 2.75) is 57.0 Å². The average Bonchev–Trinajstić information content (AvgIpc) is 3.31. The van der Waals surface area contributed by atoms with Gasteiger partial charge < -0.3 is 19.4 Å². The van der Waals surface area contributed by atoms with Gasteiger partial charge in [-0.15, -0.1) is 8.78 Å². The molecule has 150 valence electrons. The smallest absolute Gasteiger partial charge is 0.395 e. The summed E-state index contributed by atoms with van der Waals surface area (Å²) in [4.78, 5) is 17.0. The van der Waals surface area contributed by atoms with E-state index in [0.717, 1.165) is 29.4 Å². The largest absolute Gasteiger partial charge is 0.586 e. The zero-order chi connectivity index (χ0) is 19.9. The van der Waals surface area contributed by atoms with Crippen LogP contribution in [0.4, 0.5) is 14.5 Å². The predicted molar refractivity (Wildman–Crippen MR) is 101 cm³/mol. The summed E-state index contributed by atoms with van der Waals surface area (Å²) in [6.45, 7) is 4.04. The van der Waals surface area contributed by atoms with Gasteiger partial charge in [0, 0.05) is 23.5 Å². The maximum Gasteiger partial charge on any atom is 0.586 e. The van der Waals surface area contributed by atoms with Gasteiger partial charge in [-0.25, -0.2) is 4.98 Å². The van der Waals surface area contributed by atoms with Gasteiger partial charge in [0.25, 0.3) is 0 Å². The molecule has 1 aliphatic carbocycles. The SMILES string of the molecule is Cc1nc(SCC(=O)Nc2ccc3c(c2)OC(F)(F)O3)n(C2CCCC2)c1C. The number of anilines is 1. The van der Waals surface area contributed by atoms with E-state index in [1.54, 1.807) is 0 Å². The van der Waals surface area contributed by atoms with Crippen LogP contribution in [-0.2, 0) is 4.79 Å². The maximum atomic E-state index is 13.1. The van der Waals surface area contributed by atoms with Crippen molar-refractivity contribution < 1.29 is 23.0 Å². The molecule has 1 amide bonds. The summed E-state index contributed by atoms with van der Waals surface area (Å²) in [5, 5.41) is 3.55. The summed E-state index contributed by atoms with van der Waals surface area (Å²) in [7, 11) is 0. The van der Waals surface area contributed by atoms with Crippen LogP contribution in [0, 0.1) is 13.8 Å². The van der Waals surface area contributed by atoms with Crippen molar-refractivity contribution in [2.24, 2.45) is 0 Å². The second kappa shape index (κ2) is 7.27. The molecule has 1 saturated carbocycles. The van der Waals surface area contributed by atoms with E-state index in [2.05, 4.69) is 31.3 Å². The van der Waals surface area contributed by atoms with E-state index in [1.807, 2.05) is 6.92 Å². The Balaban J connectivity index is 1.40. The lowest BCUT2D eigenvalue weighted by Gasteiger charge is -2.16. The number of aryl methyl sites for hydroxylation is 1. The molecule has 0 radical (unpaired) electrons. The minimum absolute atomic E-state index is 0.0538. The summed E-state index contributed by atoms with van der Waals surface area (Å²) in [5.41, 5.74) is 2.50. The quantitative estimate of drug-likeness (QED) is 0.727. The van der Waals surface area contributed by atoms with Crippen molar-refractivity contribution in [1.29, 1.82) is 0 Å². The van der Waals surface area contributed by atoms with Gasteiger partial charge in [0.1, 0.15) is 0 Å². The van der Waals surface area contributed by atoms with Gasteiger partial charge >= 0.3 is 6.29 Å². The molecule has 6 nitrogen and oxygen atoms in total. The van der Waals surface area contributed by atoms with Crippen LogP contribution >= 0.6 is 11.8 Å². The van der Waals surface area contributed by atoms with Gasteiger partial charge in [-0.05, 0) is 38.8 Å². The van der Waals surface area contributed by atoms with Crippen LogP contribution in [0.15, 0.2) is 23.4 Å². The first-order valence-corrected chi connectivity index (χ1v) is 10.2. The number of hydrogen-bond donors (Lipinski definition) is 1. The summed E-state index contributed by atoms with van der Waals surface area (Å²) in [5.74, 6) is -0.222. The van der Waals surface area contributed by atoms with Crippen LogP contribution in [0.25, 0.3) is 0 Å². The molecule has 0 unspecified atom stereocenters. The molecule has 9 heteroatoms. The Morgan fingerprint density at radius 3 is 2.75 bits per heavy atom. The fourth-order valence-electron chi connectivity index (χ4n) is 3.64. The number of carbonyl (C=O) groups excluding carboxylic acids is 1. The highest BCUT2D eigenvalue weighted by molar-refractivity contribution is 7.99. The van der Waals surface area contributed by atoms with Crippen molar-refractivity contribution in [2.75, 3.05) is 11.1 Å². The Labute approximate surface area is 165 Å². The van der Waals surface area contributed by atoms with Gasteiger partial charge in [-0.1, -0.05) is 24.6 Å². The van der Waals surface area contributed by atoms with Crippen LogP contribution in [0.1, 0.15) is 43.1 Å². The van der Waals surface area contributed by atoms with Crippen LogP contribution in [0.5, 0.6) is 11.5 Å². The van der Waals surface area contributed by atoms with E-state index >= 15 is 0 Å². The fourth-order valence-corrected chi connectivity index (χ4v) is 4.60. The third-order valence-electron chi connectivity index (χ3n) is 5.06. The molecule has 0 saturated heterocycles. The highest BCUT2D eigenvalue weighted by atomic mass is 32.2. The summed E-state index contributed by atoms with van der Waals surface area (Å²) in [6, 6.07) is 4.62. The van der Waals surface area contributed by atoms with Crippen LogP contribution in [-0.4, -0.2) is 27.5 Å². The minimum atomic E-state index is -3.67. The van der Waals surface area contributed by atoms with Crippen molar-refractivity contribution >= 4 is 23.4 Å². The normalized spacial score (nSPS) is 17.9. The number of nitrogens with one attached hydrogen (secondary N) is 1. The minimum Gasteiger partial charge on any atom is -0.395 e. The van der Waals surface area contributed by atoms with E-state index in [-0.39, 0.29) is 23.2 Å². The Morgan fingerprint density at radius 2 is 2.00 bits per heavy atom. The average molecular weight is 409 g/mol. The van der Waals surface area contributed by atoms with Gasteiger partial charge in [0.2, 0.25) is 5.91 Å². The Bertz CT molecular complexity index is 910. The van der Waals surface area contributed by atoms with E-state index in [0.29, 0.717) is 11.7 Å². The van der Waals surface area contributed by atoms with E-state index in [9.17, 15) is 13.6 Å². The third kappa shape index (κ3) is 3.80. The lowest BCUT2D eigenvalue weighted by Crippen LogP contribution is -2.25. The van der Waals surface area contributed by atoms with E-state index < -0.39 is 6.29 Å². The summed E-state index contributed by atoms with van der Waals surface area (Å²) < 4.78 is 37.2. The molecule has 2 heterocycles. The van der Waals surface area contributed by atoms with Gasteiger partial charge in [-0.3, -0.25) is 4.79 Å². The Morgan fingerprint density at radius 1 is 1.29 bits per heavy atom. The summed E-state index contributed by atoms with van der Waals surface area (Å²) in [6.07, 6.45) is 1.04. The molecule has 1 aromatic carbocycles. The number of ether oxygens (including phenoxy) is 2. The molecule has 1 aromatic heterocycles. The predicted octanol–water partition coefficient (Wildman–Crippen LogP) is 4.67. The summed E-state index contributed by atoms with van der Waals surface area (Å²) >= 11 is 1.39. The van der Waals surface area contributed by atoms with Crippen molar-refractivity contribution in [3.05, 3.63) is 29.6 Å². The number of carbonyl (C=O) groups is 1. The monoisotopic (exact) mass is 409 g/mol. The third-order valence-corrected chi connectivity index (χ3v) is 6.01. The first-order chi connectivity index (χ1) is 13.3. The molecule has 2 aliphatic rings. The Kier molecular flexibility index (Phi) is 4.95. The highest BCUT2D eigenvalue weighted by Crippen LogP contribution is 2.42. The standard InChI is InChI=1S/C19H21F2N3O3S/c1-11-12(2)24(14-5-3-4-6-14)18(22-11)28-10-17(25)23-13-7-8-15-16(9-13)27-19(20,21)26-15/h7-9,14H,3-6,10H2,1-2H3,(H,23,25). The van der Waals surface area contributed by atoms with Crippen LogP contribution in [0.2, 0.25) is 0 Å². The number of benzene rings is 1. The van der Waals surface area contributed by atoms with Crippen LogP contribution in [0.3, 0.4) is 0 Å². The molecule has 1 fully saturated rings. The van der Waals surface area contributed by atoms with E-state index in [1.165, 1.54) is 42.8 Å². The molecular formula is C19H21F2N3O3S. The molecule has 1 aliphatic heterocycles. The number of aromatic nitrogens is 2. The number of halogens is 2. The first-order valence-electron chi connectivity index (χ1n) is 9.20. The number of thioether (sulfide) groups is 1. The molecule has 0 atom stereocenters. The van der Waals surface area contributed by atoms with Crippen molar-refractivity contribution in [1.82, 2.24) is 9.55 Å². The molecule has 28 heavy (non-hydrogen) atoms. The van der Waals surface area contributed by atoms with Gasteiger partial charge in [0.15, 0.2) is 16.7 Å². The Hall–Kier alpha value is -2.29. The number of rotatable bonds is 5. The molecular weight excluding hydrogens is 388 g/mol. The van der Waals surface area contributed by atoms with Gasteiger partial charge in [0.05, 0.1) is 11.4 Å². The number of alkyl halides is 2. The lowest BCUT2D eigenvalue weighted by molar-refractivity contribution is -0.286. The highest BCUT2D eigenvalue weighted by Gasteiger charge is 2.43. The van der Waals surface area contributed by atoms with Crippen molar-refractivity contribution in [3.63, 3.8) is 0 Å². The molecule has 1 N–H and O–H groups in total. The number of nitrogens with zero attached hydrogens (tertiary/aromatic N) is 2. The topological polar surface area (TPSA) is 65.4 Å². The number of hydrogen-bond acceptors (Lipinski definition) is 5. The lowest BCUT2D eigenvalue weighted by atomic mass is 10.2. The van der Waals surface area contributed by atoms with Gasteiger partial charge in [-0.2, -0.15) is 0 Å². The maximum absolute atomic E-state index is 13.1. The zero-order valence-corrected chi connectivity index (χ0v) is 16.4. The molecule has 0 spiro atoms. The molecule has 0 bridgehead atoms. The number of amides is 1. The van der Waals surface area contributed by atoms with E-state index in [4.69, 9.17) is 0 Å². The number of fused-ring (bicyclic) bond motifs is 1. The second-order valence-corrected chi connectivity index (χ2v) is 7.98. The molecule has 2 aromatic rings. The molecule has 4 rings (SSSR count). The zero-order valence-electron chi connectivity index (χ0n) is 15.6. The first kappa shape index (κ1) is 19.0. The van der Waals surface area contributed by atoms with Crippen molar-refractivity contribution in [3.8, 4) is 11.5 Å². The second-order valence-electron chi connectivity index (χ2n) is 7.04. The fraction of sp³-hybridized carbons (Fsp3) is 0.474. The van der Waals surface area contributed by atoms with Crippen LogP contribution < -0.4 is 14.8 Å².